The van der Waals surface area contributed by atoms with E-state index in [2.05, 4.69) is 19.7 Å². The van der Waals surface area contributed by atoms with Gasteiger partial charge in [0.15, 0.2) is 0 Å². The van der Waals surface area contributed by atoms with Crippen LogP contribution in [0.5, 0.6) is 0 Å². The van der Waals surface area contributed by atoms with Crippen molar-refractivity contribution in [3.63, 3.8) is 0 Å². The van der Waals surface area contributed by atoms with E-state index < -0.39 is 6.10 Å². The highest BCUT2D eigenvalue weighted by Gasteiger charge is 2.16. The van der Waals surface area contributed by atoms with Crippen LogP contribution < -0.4 is 0 Å². The van der Waals surface area contributed by atoms with E-state index in [-0.39, 0.29) is 0 Å². The molecule has 0 radical (unpaired) electrons. The molecule has 1 unspecified atom stereocenters. The highest BCUT2D eigenvalue weighted by atomic mass is 16.3. The lowest BCUT2D eigenvalue weighted by Gasteiger charge is -2.20. The Kier molecular flexibility index (Phi) is 3.66. The number of aliphatic hydroxyl groups excluding tert-OH is 1. The Balaban J connectivity index is 2.90. The second-order valence-corrected chi connectivity index (χ2v) is 3.40. The molecule has 0 aromatic carbocycles. The molecule has 1 aliphatic rings. The van der Waals surface area contributed by atoms with Crippen molar-refractivity contribution in [1.29, 1.82) is 0 Å². The summed E-state index contributed by atoms with van der Waals surface area (Å²) in [7, 11) is 0. The Labute approximate surface area is 85.5 Å². The van der Waals surface area contributed by atoms with Crippen LogP contribution >= 0.6 is 0 Å². The first-order chi connectivity index (χ1) is 6.69. The minimum atomic E-state index is -0.540. The maximum absolute atomic E-state index is 9.77. The Morgan fingerprint density at radius 3 is 2.43 bits per heavy atom. The molecule has 0 aromatic rings. The van der Waals surface area contributed by atoms with E-state index in [4.69, 9.17) is 0 Å². The van der Waals surface area contributed by atoms with Gasteiger partial charge in [0.05, 0.1) is 0 Å². The second-order valence-electron chi connectivity index (χ2n) is 3.40. The average molecular weight is 188 g/mol. The smallest absolute Gasteiger partial charge is 0.100 e. The highest BCUT2D eigenvalue weighted by molar-refractivity contribution is 5.44. The van der Waals surface area contributed by atoms with E-state index in [1.54, 1.807) is 6.08 Å². The van der Waals surface area contributed by atoms with Crippen LogP contribution in [0.4, 0.5) is 0 Å². The van der Waals surface area contributed by atoms with Crippen molar-refractivity contribution in [1.82, 2.24) is 0 Å². The van der Waals surface area contributed by atoms with E-state index in [0.717, 1.165) is 23.1 Å². The van der Waals surface area contributed by atoms with Gasteiger partial charge in [-0.3, -0.25) is 0 Å². The lowest BCUT2D eigenvalue weighted by atomic mass is 9.90. The van der Waals surface area contributed by atoms with E-state index in [1.807, 2.05) is 18.2 Å². The van der Waals surface area contributed by atoms with Gasteiger partial charge in [0.2, 0.25) is 0 Å². The summed E-state index contributed by atoms with van der Waals surface area (Å²) in [5.41, 5.74) is 2.86. The maximum atomic E-state index is 9.77. The van der Waals surface area contributed by atoms with E-state index >= 15 is 0 Å². The molecule has 0 amide bonds. The number of allylic oxidation sites excluding steroid dienone is 4. The third-order valence-corrected chi connectivity index (χ3v) is 2.20. The normalized spacial score (nSPS) is 21.2. The van der Waals surface area contributed by atoms with Gasteiger partial charge in [-0.05, 0) is 29.6 Å². The molecule has 1 aliphatic carbocycles. The number of hydrogen-bond acceptors (Lipinski definition) is 1. The van der Waals surface area contributed by atoms with Crippen molar-refractivity contribution < 1.29 is 5.11 Å². The first kappa shape index (κ1) is 10.7. The Morgan fingerprint density at radius 1 is 1.21 bits per heavy atom. The summed E-state index contributed by atoms with van der Waals surface area (Å²) in [4.78, 5) is 0. The standard InChI is InChI=1S/C13H16O/c1-4-6-11-8-10(3)13(14)12(9-11)7-5-2/h4-5,8-9,13-14H,1-3,6-7H2. The van der Waals surface area contributed by atoms with Crippen molar-refractivity contribution >= 4 is 0 Å². The van der Waals surface area contributed by atoms with Crippen LogP contribution in [0.25, 0.3) is 0 Å². The molecule has 0 spiro atoms. The molecule has 0 saturated carbocycles. The van der Waals surface area contributed by atoms with Gasteiger partial charge in [-0.1, -0.05) is 30.9 Å². The molecular formula is C13H16O. The molecule has 0 bridgehead atoms. The van der Waals surface area contributed by atoms with E-state index in [1.165, 1.54) is 0 Å². The SMILES string of the molecule is C=CCC1=CC(=C)C(O)C(CC=C)=C1. The Morgan fingerprint density at radius 2 is 1.86 bits per heavy atom. The fourth-order valence-electron chi connectivity index (χ4n) is 1.54. The summed E-state index contributed by atoms with van der Waals surface area (Å²) < 4.78 is 0. The van der Waals surface area contributed by atoms with Gasteiger partial charge in [-0.25, -0.2) is 0 Å². The Bertz CT molecular complexity index is 318. The molecule has 1 nitrogen and oxygen atoms in total. The third kappa shape index (κ3) is 2.33. The quantitative estimate of drug-likeness (QED) is 0.672. The summed E-state index contributed by atoms with van der Waals surface area (Å²) in [6, 6.07) is 0. The van der Waals surface area contributed by atoms with Crippen LogP contribution in [0.2, 0.25) is 0 Å². The number of hydrogen-bond donors (Lipinski definition) is 1. The van der Waals surface area contributed by atoms with Gasteiger partial charge in [-0.15, -0.1) is 13.2 Å². The molecule has 0 heterocycles. The van der Waals surface area contributed by atoms with Crippen LogP contribution in [0.15, 0.2) is 60.8 Å². The van der Waals surface area contributed by atoms with Crippen LogP contribution in [0.1, 0.15) is 12.8 Å². The van der Waals surface area contributed by atoms with Crippen LogP contribution in [-0.2, 0) is 0 Å². The van der Waals surface area contributed by atoms with Crippen molar-refractivity contribution in [2.24, 2.45) is 0 Å². The second kappa shape index (κ2) is 4.77. The molecular weight excluding hydrogens is 172 g/mol. The van der Waals surface area contributed by atoms with Gasteiger partial charge in [0, 0.05) is 0 Å². The van der Waals surface area contributed by atoms with Crippen LogP contribution in [0.3, 0.4) is 0 Å². The van der Waals surface area contributed by atoms with Gasteiger partial charge < -0.3 is 5.11 Å². The summed E-state index contributed by atoms with van der Waals surface area (Å²) in [5, 5.41) is 9.77. The highest BCUT2D eigenvalue weighted by Crippen LogP contribution is 2.25. The first-order valence-corrected chi connectivity index (χ1v) is 4.68. The number of rotatable bonds is 4. The minimum absolute atomic E-state index is 0.540. The van der Waals surface area contributed by atoms with E-state index in [9.17, 15) is 5.11 Å². The fraction of sp³-hybridized carbons (Fsp3) is 0.231. The van der Waals surface area contributed by atoms with Gasteiger partial charge >= 0.3 is 0 Å². The molecule has 0 fully saturated rings. The maximum Gasteiger partial charge on any atom is 0.100 e. The van der Waals surface area contributed by atoms with Crippen LogP contribution in [-0.4, -0.2) is 11.2 Å². The largest absolute Gasteiger partial charge is 0.384 e. The average Bonchev–Trinajstić information content (AvgIpc) is 2.14. The number of aliphatic hydroxyl groups is 1. The van der Waals surface area contributed by atoms with E-state index in [0.29, 0.717) is 6.42 Å². The summed E-state index contributed by atoms with van der Waals surface area (Å²) in [6.07, 6.45) is 8.53. The monoisotopic (exact) mass is 188 g/mol. The Hall–Kier alpha value is -1.34. The predicted molar refractivity (Wildman–Crippen MR) is 60.9 cm³/mol. The summed E-state index contributed by atoms with van der Waals surface area (Å²) in [6.45, 7) is 11.2. The predicted octanol–water partition coefficient (Wildman–Crippen LogP) is 2.92. The van der Waals surface area contributed by atoms with Crippen molar-refractivity contribution in [2.75, 3.05) is 0 Å². The topological polar surface area (TPSA) is 20.2 Å². The molecule has 74 valence electrons. The third-order valence-electron chi connectivity index (χ3n) is 2.20. The van der Waals surface area contributed by atoms with Gasteiger partial charge in [0.1, 0.15) is 6.10 Å². The zero-order chi connectivity index (χ0) is 10.6. The first-order valence-electron chi connectivity index (χ1n) is 4.68. The molecule has 14 heavy (non-hydrogen) atoms. The zero-order valence-electron chi connectivity index (χ0n) is 8.37. The molecule has 1 rings (SSSR count). The van der Waals surface area contributed by atoms with Crippen LogP contribution in [0, 0.1) is 0 Å². The summed E-state index contributed by atoms with van der Waals surface area (Å²) >= 11 is 0. The van der Waals surface area contributed by atoms with Crippen molar-refractivity contribution in [3.05, 3.63) is 60.8 Å². The molecule has 1 N–H and O–H groups in total. The molecule has 0 saturated heterocycles. The minimum Gasteiger partial charge on any atom is -0.384 e. The lowest BCUT2D eigenvalue weighted by Crippen LogP contribution is -2.15. The molecule has 1 atom stereocenters. The van der Waals surface area contributed by atoms with Gasteiger partial charge in [-0.2, -0.15) is 0 Å². The molecule has 0 aromatic heterocycles. The zero-order valence-corrected chi connectivity index (χ0v) is 8.37. The van der Waals surface area contributed by atoms with Gasteiger partial charge in [0.25, 0.3) is 0 Å². The van der Waals surface area contributed by atoms with Crippen molar-refractivity contribution in [3.8, 4) is 0 Å². The molecule has 1 heteroatoms. The molecule has 0 aliphatic heterocycles. The lowest BCUT2D eigenvalue weighted by molar-refractivity contribution is 0.247. The fourth-order valence-corrected chi connectivity index (χ4v) is 1.54. The summed E-state index contributed by atoms with van der Waals surface area (Å²) in [5.74, 6) is 0. The van der Waals surface area contributed by atoms with Crippen molar-refractivity contribution in [2.45, 2.75) is 18.9 Å².